The third-order valence-electron chi connectivity index (χ3n) is 1.93. The van der Waals surface area contributed by atoms with E-state index in [9.17, 15) is 4.79 Å². The van der Waals surface area contributed by atoms with E-state index in [-0.39, 0.29) is 0 Å². The number of primary amides is 1. The Bertz CT molecular complexity index is 397. The van der Waals surface area contributed by atoms with Gasteiger partial charge in [0.15, 0.2) is 0 Å². The molecule has 5 nitrogen and oxygen atoms in total. The Kier molecular flexibility index (Phi) is 5.40. The number of amides is 1. The molecule has 0 heterocycles. The second-order valence-electron chi connectivity index (χ2n) is 3.11. The Balaban J connectivity index is 2.88. The number of benzene rings is 1. The fourth-order valence-corrected chi connectivity index (χ4v) is 1.48. The molecule has 0 saturated heterocycles. The molecule has 0 aromatic heterocycles. The molecule has 1 amide bonds. The first kappa shape index (κ1) is 14.0. The molecule has 0 radical (unpaired) electrons. The summed E-state index contributed by atoms with van der Waals surface area (Å²) in [6, 6.07) is 4.80. The van der Waals surface area contributed by atoms with E-state index < -0.39 is 12.4 Å². The quantitative estimate of drug-likeness (QED) is 0.815. The highest BCUT2D eigenvalue weighted by Crippen LogP contribution is 2.27. The van der Waals surface area contributed by atoms with Crippen LogP contribution >= 0.6 is 15.9 Å². The van der Waals surface area contributed by atoms with Gasteiger partial charge >= 0.3 is 6.48 Å². The van der Waals surface area contributed by atoms with Gasteiger partial charge in [-0.3, -0.25) is 4.79 Å². The SMILES string of the molecule is CCOC(OC)Oc1cc(C(N)=O)ccc1Br. The van der Waals surface area contributed by atoms with E-state index in [1.54, 1.807) is 12.1 Å². The van der Waals surface area contributed by atoms with Gasteiger partial charge in [0.1, 0.15) is 5.75 Å². The predicted molar refractivity (Wildman–Crippen MR) is 65.7 cm³/mol. The van der Waals surface area contributed by atoms with Gasteiger partial charge < -0.3 is 19.9 Å². The second kappa shape index (κ2) is 6.58. The number of ether oxygens (including phenoxy) is 3. The smallest absolute Gasteiger partial charge is 0.315 e. The van der Waals surface area contributed by atoms with Gasteiger partial charge in [-0.2, -0.15) is 0 Å². The Morgan fingerprint density at radius 1 is 1.53 bits per heavy atom. The highest BCUT2D eigenvalue weighted by Gasteiger charge is 2.12. The van der Waals surface area contributed by atoms with Crippen molar-refractivity contribution in [2.24, 2.45) is 5.73 Å². The van der Waals surface area contributed by atoms with Crippen LogP contribution in [0.3, 0.4) is 0 Å². The van der Waals surface area contributed by atoms with E-state index in [1.165, 1.54) is 13.2 Å². The topological polar surface area (TPSA) is 70.8 Å². The van der Waals surface area contributed by atoms with Crippen molar-refractivity contribution < 1.29 is 19.0 Å². The van der Waals surface area contributed by atoms with E-state index in [2.05, 4.69) is 15.9 Å². The van der Waals surface area contributed by atoms with Crippen molar-refractivity contribution in [1.82, 2.24) is 0 Å². The number of hydrogen-bond donors (Lipinski definition) is 1. The van der Waals surface area contributed by atoms with Gasteiger partial charge in [-0.15, -0.1) is 0 Å². The molecular weight excluding hydrogens is 290 g/mol. The number of halogens is 1. The standard InChI is InChI=1S/C11H14BrNO4/c1-3-16-11(15-2)17-9-6-7(10(13)14)4-5-8(9)12/h4-6,11H,3H2,1-2H3,(H2,13,14). The molecule has 1 atom stereocenters. The van der Waals surface area contributed by atoms with Gasteiger partial charge in [0, 0.05) is 12.7 Å². The van der Waals surface area contributed by atoms with Crippen molar-refractivity contribution in [2.45, 2.75) is 13.4 Å². The van der Waals surface area contributed by atoms with Crippen LogP contribution in [0, 0.1) is 0 Å². The minimum absolute atomic E-state index is 0.356. The summed E-state index contributed by atoms with van der Waals surface area (Å²) in [4.78, 5) is 11.0. The summed E-state index contributed by atoms with van der Waals surface area (Å²) in [5.74, 6) is -0.0886. The summed E-state index contributed by atoms with van der Waals surface area (Å²) < 4.78 is 16.2. The molecule has 0 aliphatic rings. The summed E-state index contributed by atoms with van der Waals surface area (Å²) in [7, 11) is 1.46. The van der Waals surface area contributed by atoms with E-state index in [0.717, 1.165) is 0 Å². The lowest BCUT2D eigenvalue weighted by Crippen LogP contribution is -2.23. The number of rotatable bonds is 6. The monoisotopic (exact) mass is 303 g/mol. The molecule has 6 heteroatoms. The Morgan fingerprint density at radius 2 is 2.24 bits per heavy atom. The molecule has 1 aromatic carbocycles. The van der Waals surface area contributed by atoms with Crippen molar-refractivity contribution in [3.8, 4) is 5.75 Å². The van der Waals surface area contributed by atoms with Gasteiger partial charge in [-0.25, -0.2) is 0 Å². The summed E-state index contributed by atoms with van der Waals surface area (Å²) in [5.41, 5.74) is 5.54. The third-order valence-corrected chi connectivity index (χ3v) is 2.59. The fourth-order valence-electron chi connectivity index (χ4n) is 1.14. The zero-order valence-corrected chi connectivity index (χ0v) is 11.2. The van der Waals surface area contributed by atoms with Crippen molar-refractivity contribution in [1.29, 1.82) is 0 Å². The lowest BCUT2D eigenvalue weighted by atomic mass is 10.2. The van der Waals surface area contributed by atoms with E-state index in [4.69, 9.17) is 19.9 Å². The highest BCUT2D eigenvalue weighted by molar-refractivity contribution is 9.10. The summed E-state index contributed by atoms with van der Waals surface area (Å²) in [5, 5.41) is 0. The third kappa shape index (κ3) is 3.99. The van der Waals surface area contributed by atoms with Crippen molar-refractivity contribution in [2.75, 3.05) is 13.7 Å². The second-order valence-corrected chi connectivity index (χ2v) is 3.96. The van der Waals surface area contributed by atoms with Crippen LogP contribution in [0.4, 0.5) is 0 Å². The average molecular weight is 304 g/mol. The number of carbonyl (C=O) groups is 1. The van der Waals surface area contributed by atoms with Crippen LogP contribution in [0.1, 0.15) is 17.3 Å². The Morgan fingerprint density at radius 3 is 2.76 bits per heavy atom. The first-order valence-corrected chi connectivity index (χ1v) is 5.78. The maximum absolute atomic E-state index is 11.0. The summed E-state index contributed by atoms with van der Waals surface area (Å²) in [6.45, 7) is 1.45. The number of hydrogen-bond acceptors (Lipinski definition) is 4. The summed E-state index contributed by atoms with van der Waals surface area (Å²) in [6.07, 6.45) is 0. The summed E-state index contributed by atoms with van der Waals surface area (Å²) >= 11 is 3.30. The van der Waals surface area contributed by atoms with Gasteiger partial charge in [0.05, 0.1) is 11.1 Å². The molecule has 0 fully saturated rings. The average Bonchev–Trinajstić information content (AvgIpc) is 2.30. The lowest BCUT2D eigenvalue weighted by molar-refractivity contribution is -0.231. The van der Waals surface area contributed by atoms with Crippen LogP contribution < -0.4 is 10.5 Å². The van der Waals surface area contributed by atoms with Gasteiger partial charge in [0.25, 0.3) is 0 Å². The molecule has 1 rings (SSSR count). The van der Waals surface area contributed by atoms with Crippen LogP contribution in [0.15, 0.2) is 22.7 Å². The van der Waals surface area contributed by atoms with Crippen LogP contribution in [0.25, 0.3) is 0 Å². The first-order valence-electron chi connectivity index (χ1n) is 4.99. The number of nitrogens with two attached hydrogens (primary N) is 1. The van der Waals surface area contributed by atoms with Crippen LogP contribution in [-0.2, 0) is 9.47 Å². The molecule has 0 spiro atoms. The molecule has 1 unspecified atom stereocenters. The Labute approximate surface area is 108 Å². The van der Waals surface area contributed by atoms with Gasteiger partial charge in [-0.05, 0) is 41.1 Å². The first-order chi connectivity index (χ1) is 8.08. The van der Waals surface area contributed by atoms with E-state index >= 15 is 0 Å². The zero-order valence-electron chi connectivity index (χ0n) is 9.60. The molecule has 2 N–H and O–H groups in total. The van der Waals surface area contributed by atoms with Crippen molar-refractivity contribution in [3.63, 3.8) is 0 Å². The zero-order chi connectivity index (χ0) is 12.8. The number of methoxy groups -OCH3 is 1. The Hall–Kier alpha value is -1.11. The van der Waals surface area contributed by atoms with Crippen molar-refractivity contribution >= 4 is 21.8 Å². The molecule has 0 bridgehead atoms. The minimum atomic E-state index is -0.820. The molecule has 17 heavy (non-hydrogen) atoms. The fraction of sp³-hybridized carbons (Fsp3) is 0.364. The predicted octanol–water partition coefficient (Wildman–Crippen LogP) is 1.89. The molecule has 0 aliphatic carbocycles. The normalized spacial score (nSPS) is 12.2. The molecule has 94 valence electrons. The largest absolute Gasteiger partial charge is 0.440 e. The molecule has 0 aliphatic heterocycles. The van der Waals surface area contributed by atoms with Crippen LogP contribution in [-0.4, -0.2) is 26.1 Å². The van der Waals surface area contributed by atoms with Crippen LogP contribution in [0.5, 0.6) is 5.75 Å². The highest BCUT2D eigenvalue weighted by atomic mass is 79.9. The maximum Gasteiger partial charge on any atom is 0.315 e. The molecule has 1 aromatic rings. The molecular formula is C11H14BrNO4. The maximum atomic E-state index is 11.0. The number of carbonyl (C=O) groups excluding carboxylic acids is 1. The molecule has 0 saturated carbocycles. The van der Waals surface area contributed by atoms with E-state index in [0.29, 0.717) is 22.4 Å². The van der Waals surface area contributed by atoms with Gasteiger partial charge in [-0.1, -0.05) is 0 Å². The minimum Gasteiger partial charge on any atom is -0.440 e. The van der Waals surface area contributed by atoms with Crippen molar-refractivity contribution in [3.05, 3.63) is 28.2 Å². The van der Waals surface area contributed by atoms with Gasteiger partial charge in [0.2, 0.25) is 5.91 Å². The van der Waals surface area contributed by atoms with E-state index in [1.807, 2.05) is 6.92 Å². The van der Waals surface area contributed by atoms with Crippen LogP contribution in [0.2, 0.25) is 0 Å². The lowest BCUT2D eigenvalue weighted by Gasteiger charge is -2.17.